The Bertz CT molecular complexity index is 605. The number of hydrogen-bond donors (Lipinski definition) is 0. The van der Waals surface area contributed by atoms with Gasteiger partial charge >= 0.3 is 0 Å². The van der Waals surface area contributed by atoms with Gasteiger partial charge in [-0.1, -0.05) is 12.1 Å². The summed E-state index contributed by atoms with van der Waals surface area (Å²) in [6.45, 7) is 7.77. The Labute approximate surface area is 129 Å². The van der Waals surface area contributed by atoms with Crippen LogP contribution in [0, 0.1) is 5.82 Å². The maximum absolute atomic E-state index is 13.0. The fraction of sp³-hybridized carbons (Fsp3) is 0.500. The summed E-state index contributed by atoms with van der Waals surface area (Å²) >= 11 is 0. The highest BCUT2D eigenvalue weighted by atomic mass is 19.1. The van der Waals surface area contributed by atoms with E-state index in [1.807, 2.05) is 19.1 Å². The first-order valence-electron chi connectivity index (χ1n) is 7.74. The number of nitrogens with zero attached hydrogens (tertiary/aromatic N) is 4. The van der Waals surface area contributed by atoms with Gasteiger partial charge in [0.25, 0.3) is 0 Å². The monoisotopic (exact) mass is 304 g/mol. The molecule has 1 atom stereocenters. The summed E-state index contributed by atoms with van der Waals surface area (Å²) in [6.07, 6.45) is 0.786. The lowest BCUT2D eigenvalue weighted by atomic mass is 10.2. The van der Waals surface area contributed by atoms with E-state index < -0.39 is 0 Å². The number of rotatable bonds is 4. The Kier molecular flexibility index (Phi) is 4.38. The van der Waals surface area contributed by atoms with E-state index in [1.54, 1.807) is 0 Å². The minimum atomic E-state index is -0.195. The van der Waals surface area contributed by atoms with Gasteiger partial charge in [0.15, 0.2) is 5.82 Å². The molecule has 1 fully saturated rings. The molecule has 1 aliphatic heterocycles. The molecule has 22 heavy (non-hydrogen) atoms. The van der Waals surface area contributed by atoms with Crippen LogP contribution < -0.4 is 4.90 Å². The summed E-state index contributed by atoms with van der Waals surface area (Å²) < 4.78 is 18.3. The second-order valence-corrected chi connectivity index (χ2v) is 5.58. The van der Waals surface area contributed by atoms with Crippen LogP contribution in [0.2, 0.25) is 0 Å². The summed E-state index contributed by atoms with van der Waals surface area (Å²) in [4.78, 5) is 9.03. The Morgan fingerprint density at radius 2 is 1.86 bits per heavy atom. The van der Waals surface area contributed by atoms with Gasteiger partial charge in [-0.15, -0.1) is 0 Å². The predicted octanol–water partition coefficient (Wildman–Crippen LogP) is 2.65. The summed E-state index contributed by atoms with van der Waals surface area (Å²) in [7, 11) is 0. The molecule has 1 saturated heterocycles. The maximum atomic E-state index is 13.0. The van der Waals surface area contributed by atoms with E-state index in [9.17, 15) is 4.39 Å². The van der Waals surface area contributed by atoms with E-state index in [0.717, 1.165) is 44.1 Å². The molecule has 0 saturated carbocycles. The standard InChI is InChI=1S/C16H21FN4O/c1-3-15-18-16(22-19-15)12(2)20-8-10-21(11-9-20)14-6-4-13(17)5-7-14/h4-7,12H,3,8-11H2,1-2H3/t12-/m1/s1. The Morgan fingerprint density at radius 1 is 1.18 bits per heavy atom. The van der Waals surface area contributed by atoms with Crippen LogP contribution in [0.3, 0.4) is 0 Å². The van der Waals surface area contributed by atoms with Crippen molar-refractivity contribution in [1.82, 2.24) is 15.0 Å². The molecule has 0 bridgehead atoms. The first-order valence-corrected chi connectivity index (χ1v) is 7.74. The molecule has 1 aromatic carbocycles. The Hall–Kier alpha value is -1.95. The van der Waals surface area contributed by atoms with Crippen molar-refractivity contribution in [2.24, 2.45) is 0 Å². The molecule has 3 rings (SSSR count). The lowest BCUT2D eigenvalue weighted by Crippen LogP contribution is -2.47. The minimum Gasteiger partial charge on any atom is -0.369 e. The lowest BCUT2D eigenvalue weighted by molar-refractivity contribution is 0.164. The van der Waals surface area contributed by atoms with E-state index in [1.165, 1.54) is 12.1 Å². The normalized spacial score (nSPS) is 17.7. The molecule has 0 amide bonds. The molecule has 0 N–H and O–H groups in total. The number of anilines is 1. The fourth-order valence-corrected chi connectivity index (χ4v) is 2.76. The van der Waals surface area contributed by atoms with Crippen molar-refractivity contribution < 1.29 is 8.91 Å². The number of benzene rings is 1. The minimum absolute atomic E-state index is 0.128. The van der Waals surface area contributed by atoms with Crippen molar-refractivity contribution in [2.75, 3.05) is 31.1 Å². The van der Waals surface area contributed by atoms with Crippen LogP contribution in [0.1, 0.15) is 31.6 Å². The zero-order valence-electron chi connectivity index (χ0n) is 13.0. The second-order valence-electron chi connectivity index (χ2n) is 5.58. The van der Waals surface area contributed by atoms with Gasteiger partial charge < -0.3 is 9.42 Å². The molecule has 1 aliphatic rings. The van der Waals surface area contributed by atoms with Gasteiger partial charge in [0.05, 0.1) is 6.04 Å². The zero-order chi connectivity index (χ0) is 15.5. The largest absolute Gasteiger partial charge is 0.369 e. The number of piperazine rings is 1. The highest BCUT2D eigenvalue weighted by molar-refractivity contribution is 5.46. The van der Waals surface area contributed by atoms with Crippen molar-refractivity contribution in [1.29, 1.82) is 0 Å². The van der Waals surface area contributed by atoms with Crippen LogP contribution in [0.5, 0.6) is 0 Å². The van der Waals surface area contributed by atoms with Gasteiger partial charge in [0, 0.05) is 38.3 Å². The summed E-state index contributed by atoms with van der Waals surface area (Å²) in [5, 5.41) is 3.96. The predicted molar refractivity (Wildman–Crippen MR) is 82.3 cm³/mol. The average molecular weight is 304 g/mol. The van der Waals surface area contributed by atoms with Gasteiger partial charge in [-0.25, -0.2) is 4.39 Å². The number of halogens is 1. The van der Waals surface area contributed by atoms with Crippen LogP contribution in [0.15, 0.2) is 28.8 Å². The van der Waals surface area contributed by atoms with Crippen LogP contribution in [-0.2, 0) is 6.42 Å². The lowest BCUT2D eigenvalue weighted by Gasteiger charge is -2.38. The summed E-state index contributed by atoms with van der Waals surface area (Å²) in [6, 6.07) is 6.81. The number of hydrogen-bond acceptors (Lipinski definition) is 5. The highest BCUT2D eigenvalue weighted by Gasteiger charge is 2.25. The summed E-state index contributed by atoms with van der Waals surface area (Å²) in [5.41, 5.74) is 1.07. The molecule has 6 heteroatoms. The quantitative estimate of drug-likeness (QED) is 0.869. The van der Waals surface area contributed by atoms with Crippen LogP contribution >= 0.6 is 0 Å². The fourth-order valence-electron chi connectivity index (χ4n) is 2.76. The number of aromatic nitrogens is 2. The molecule has 118 valence electrons. The zero-order valence-corrected chi connectivity index (χ0v) is 13.0. The topological polar surface area (TPSA) is 45.4 Å². The van der Waals surface area contributed by atoms with Crippen molar-refractivity contribution in [3.63, 3.8) is 0 Å². The van der Waals surface area contributed by atoms with E-state index in [-0.39, 0.29) is 11.9 Å². The molecule has 5 nitrogen and oxygen atoms in total. The summed E-state index contributed by atoms with van der Waals surface area (Å²) in [5.74, 6) is 1.25. The van der Waals surface area contributed by atoms with Crippen molar-refractivity contribution >= 4 is 5.69 Å². The molecular formula is C16H21FN4O. The molecule has 2 heterocycles. The van der Waals surface area contributed by atoms with Crippen molar-refractivity contribution in [3.05, 3.63) is 41.8 Å². The van der Waals surface area contributed by atoms with Gasteiger partial charge in [-0.05, 0) is 31.2 Å². The molecule has 0 radical (unpaired) electrons. The van der Waals surface area contributed by atoms with E-state index in [0.29, 0.717) is 5.89 Å². The number of aryl methyl sites for hydroxylation is 1. The Balaban J connectivity index is 1.60. The SMILES string of the molecule is CCc1noc([C@@H](C)N2CCN(c3ccc(F)cc3)CC2)n1. The molecule has 0 unspecified atom stereocenters. The van der Waals surface area contributed by atoms with Gasteiger partial charge in [0.1, 0.15) is 5.82 Å². The Morgan fingerprint density at radius 3 is 2.45 bits per heavy atom. The van der Waals surface area contributed by atoms with E-state index in [2.05, 4.69) is 26.9 Å². The highest BCUT2D eigenvalue weighted by Crippen LogP contribution is 2.23. The van der Waals surface area contributed by atoms with Crippen molar-refractivity contribution in [3.8, 4) is 0 Å². The molecule has 2 aromatic rings. The smallest absolute Gasteiger partial charge is 0.243 e. The third kappa shape index (κ3) is 3.11. The van der Waals surface area contributed by atoms with Gasteiger partial charge in [-0.2, -0.15) is 4.98 Å². The van der Waals surface area contributed by atoms with Gasteiger partial charge in [-0.3, -0.25) is 4.90 Å². The van der Waals surface area contributed by atoms with Crippen LogP contribution in [-0.4, -0.2) is 41.2 Å². The second kappa shape index (κ2) is 6.44. The average Bonchev–Trinajstić information content (AvgIpc) is 3.04. The molecule has 1 aromatic heterocycles. The maximum Gasteiger partial charge on any atom is 0.243 e. The van der Waals surface area contributed by atoms with Crippen LogP contribution in [0.4, 0.5) is 10.1 Å². The molecule has 0 aliphatic carbocycles. The molecule has 0 spiro atoms. The first kappa shape index (κ1) is 15.0. The molecular weight excluding hydrogens is 283 g/mol. The first-order chi connectivity index (χ1) is 10.7. The third-order valence-corrected chi connectivity index (χ3v) is 4.21. The van der Waals surface area contributed by atoms with Crippen molar-refractivity contribution in [2.45, 2.75) is 26.3 Å². The third-order valence-electron chi connectivity index (χ3n) is 4.21. The van der Waals surface area contributed by atoms with Crippen LogP contribution in [0.25, 0.3) is 0 Å². The van der Waals surface area contributed by atoms with E-state index in [4.69, 9.17) is 4.52 Å². The van der Waals surface area contributed by atoms with Gasteiger partial charge in [0.2, 0.25) is 5.89 Å². The van der Waals surface area contributed by atoms with E-state index >= 15 is 0 Å².